The van der Waals surface area contributed by atoms with E-state index in [1.54, 1.807) is 6.92 Å². The van der Waals surface area contributed by atoms with Gasteiger partial charge in [-0.2, -0.15) is 5.01 Å². The lowest BCUT2D eigenvalue weighted by atomic mass is 9.93. The van der Waals surface area contributed by atoms with Gasteiger partial charge in [-0.3, -0.25) is 19.8 Å². The monoisotopic (exact) mass is 418 g/mol. The number of carbonyl (C=O) groups excluding carboxylic acids is 4. The summed E-state index contributed by atoms with van der Waals surface area (Å²) in [5.74, 6) is -1.15. The van der Waals surface area contributed by atoms with Crippen LogP contribution >= 0.6 is 0 Å². The van der Waals surface area contributed by atoms with E-state index < -0.39 is 23.4 Å². The largest absolute Gasteiger partial charge is 0.349 e. The van der Waals surface area contributed by atoms with Crippen molar-refractivity contribution in [2.24, 2.45) is 0 Å². The van der Waals surface area contributed by atoms with Crippen molar-refractivity contribution in [1.82, 2.24) is 21.1 Å². The molecule has 0 bridgehead atoms. The van der Waals surface area contributed by atoms with E-state index in [0.29, 0.717) is 19.4 Å². The van der Waals surface area contributed by atoms with Crippen LogP contribution in [0.4, 0.5) is 4.79 Å². The van der Waals surface area contributed by atoms with Crippen LogP contribution in [-0.2, 0) is 20.8 Å². The van der Waals surface area contributed by atoms with Crippen molar-refractivity contribution in [3.63, 3.8) is 0 Å². The van der Waals surface area contributed by atoms with Gasteiger partial charge in [-0.05, 0) is 46.1 Å². The summed E-state index contributed by atoms with van der Waals surface area (Å²) in [6.07, 6.45) is 1.03. The Morgan fingerprint density at radius 2 is 1.77 bits per heavy atom. The molecule has 2 rings (SSSR count). The number of nitrogens with one attached hydrogen (secondary N) is 4. The van der Waals surface area contributed by atoms with Gasteiger partial charge in [-0.15, -0.1) is 0 Å². The van der Waals surface area contributed by atoms with E-state index >= 15 is 0 Å². The third-order valence-electron chi connectivity index (χ3n) is 5.02. The normalized spacial score (nSPS) is 19.6. The summed E-state index contributed by atoms with van der Waals surface area (Å²) < 4.78 is 0. The summed E-state index contributed by atoms with van der Waals surface area (Å²) in [6, 6.07) is 9.04. The Balaban J connectivity index is 1.92. The van der Waals surface area contributed by atoms with Crippen molar-refractivity contribution in [2.45, 2.75) is 52.1 Å². The van der Waals surface area contributed by atoms with Gasteiger partial charge in [0.2, 0.25) is 0 Å². The number of hydrazine groups is 1. The predicted octanol–water partition coefficient (Wildman–Crippen LogP) is -0.610. The molecule has 1 aromatic rings. The second-order valence-corrected chi connectivity index (χ2v) is 8.10. The van der Waals surface area contributed by atoms with Crippen molar-refractivity contribution >= 4 is 23.8 Å². The third-order valence-corrected chi connectivity index (χ3v) is 5.02. The number of rotatable bonds is 10. The van der Waals surface area contributed by atoms with E-state index in [4.69, 9.17) is 0 Å². The average Bonchev–Trinajstić information content (AvgIpc) is 2.89. The Hall–Kier alpha value is -2.94. The molecule has 5 amide bonds. The topological polar surface area (TPSA) is 112 Å². The Labute approximate surface area is 177 Å². The van der Waals surface area contributed by atoms with Gasteiger partial charge in [0, 0.05) is 6.04 Å². The van der Waals surface area contributed by atoms with E-state index in [0.717, 1.165) is 15.5 Å². The molecule has 1 aliphatic heterocycles. The summed E-state index contributed by atoms with van der Waals surface area (Å²) in [7, 11) is 0. The van der Waals surface area contributed by atoms with Gasteiger partial charge >= 0.3 is 6.03 Å². The van der Waals surface area contributed by atoms with Crippen LogP contribution in [0.1, 0.15) is 39.7 Å². The minimum Gasteiger partial charge on any atom is -0.349 e. The molecular weight excluding hydrogens is 386 g/mol. The smallest absolute Gasteiger partial charge is 0.344 e. The van der Waals surface area contributed by atoms with Gasteiger partial charge < -0.3 is 15.5 Å². The minimum absolute atomic E-state index is 0.0175. The molecule has 0 spiro atoms. The molecule has 164 valence electrons. The summed E-state index contributed by atoms with van der Waals surface area (Å²) >= 11 is 0. The number of hydrogen-bond donors (Lipinski definition) is 4. The predicted molar refractivity (Wildman–Crippen MR) is 111 cm³/mol. The molecule has 4 N–H and O–H groups in total. The van der Waals surface area contributed by atoms with Crippen LogP contribution in [0, 0.1) is 0 Å². The number of aryl methyl sites for hydroxylation is 1. The van der Waals surface area contributed by atoms with Crippen molar-refractivity contribution in [3.8, 4) is 0 Å². The SMILES string of the molecule is CC[NH+](CC(=O)NC(C)C)CC(=O)NN1C(=O)N[C@](C)(CCc2ccccc2)C1=O. The molecule has 1 saturated heterocycles. The molecule has 2 atom stereocenters. The Morgan fingerprint density at radius 1 is 1.13 bits per heavy atom. The Morgan fingerprint density at radius 3 is 2.37 bits per heavy atom. The molecule has 0 aromatic heterocycles. The lowest BCUT2D eigenvalue weighted by Crippen LogP contribution is -3.14. The second-order valence-electron chi connectivity index (χ2n) is 8.10. The number of benzene rings is 1. The van der Waals surface area contributed by atoms with Gasteiger partial charge in [-0.1, -0.05) is 30.3 Å². The fraction of sp³-hybridized carbons (Fsp3) is 0.524. The van der Waals surface area contributed by atoms with Crippen LogP contribution in [0.15, 0.2) is 30.3 Å². The van der Waals surface area contributed by atoms with Crippen LogP contribution in [0.3, 0.4) is 0 Å². The van der Waals surface area contributed by atoms with Crippen LogP contribution in [0.25, 0.3) is 0 Å². The average molecular weight is 419 g/mol. The number of likely N-dealkylation sites (N-methyl/N-ethyl adjacent to an activating group) is 1. The first-order valence-corrected chi connectivity index (χ1v) is 10.3. The van der Waals surface area contributed by atoms with Crippen molar-refractivity contribution < 1.29 is 24.1 Å². The lowest BCUT2D eigenvalue weighted by molar-refractivity contribution is -0.882. The number of hydrogen-bond acceptors (Lipinski definition) is 4. The summed E-state index contributed by atoms with van der Waals surface area (Å²) in [5, 5.41) is 6.21. The highest BCUT2D eigenvalue weighted by Crippen LogP contribution is 2.22. The van der Waals surface area contributed by atoms with Crippen molar-refractivity contribution in [2.75, 3.05) is 19.6 Å². The van der Waals surface area contributed by atoms with Crippen LogP contribution < -0.4 is 21.0 Å². The molecule has 9 heteroatoms. The highest BCUT2D eigenvalue weighted by molar-refractivity contribution is 6.07. The van der Waals surface area contributed by atoms with E-state index in [1.807, 2.05) is 51.1 Å². The van der Waals surface area contributed by atoms with Crippen LogP contribution in [0.2, 0.25) is 0 Å². The van der Waals surface area contributed by atoms with E-state index in [2.05, 4.69) is 16.1 Å². The minimum atomic E-state index is -1.09. The molecule has 1 aliphatic rings. The zero-order valence-electron chi connectivity index (χ0n) is 18.1. The first-order chi connectivity index (χ1) is 14.1. The molecule has 0 aliphatic carbocycles. The molecule has 0 radical (unpaired) electrons. The van der Waals surface area contributed by atoms with Gasteiger partial charge in [0.25, 0.3) is 17.7 Å². The fourth-order valence-electron chi connectivity index (χ4n) is 3.30. The standard InChI is InChI=1S/C21H31N5O4/c1-5-25(13-17(27)22-15(2)3)14-18(28)24-26-19(29)21(4,23-20(26)30)12-11-16-9-7-6-8-10-16/h6-10,15H,5,11-14H2,1-4H3,(H,22,27)(H,23,30)(H,24,28)/p+1/t21-/m1/s1. The fourth-order valence-corrected chi connectivity index (χ4v) is 3.30. The zero-order valence-corrected chi connectivity index (χ0v) is 18.1. The summed E-state index contributed by atoms with van der Waals surface area (Å²) in [6.45, 7) is 7.90. The Bertz CT molecular complexity index is 783. The molecule has 1 unspecified atom stereocenters. The van der Waals surface area contributed by atoms with Crippen LogP contribution in [0.5, 0.6) is 0 Å². The molecular formula is C21H32N5O4+. The van der Waals surface area contributed by atoms with E-state index in [1.165, 1.54) is 0 Å². The zero-order chi connectivity index (χ0) is 22.3. The molecule has 30 heavy (non-hydrogen) atoms. The lowest BCUT2D eigenvalue weighted by Gasteiger charge is -2.22. The quantitative estimate of drug-likeness (QED) is 0.380. The molecule has 1 fully saturated rings. The summed E-state index contributed by atoms with van der Waals surface area (Å²) in [5.41, 5.74) is 2.36. The number of carbonyl (C=O) groups is 4. The second kappa shape index (κ2) is 10.2. The van der Waals surface area contributed by atoms with Crippen molar-refractivity contribution in [3.05, 3.63) is 35.9 Å². The maximum atomic E-state index is 12.8. The van der Waals surface area contributed by atoms with Gasteiger partial charge in [0.05, 0.1) is 6.54 Å². The van der Waals surface area contributed by atoms with Crippen LogP contribution in [-0.4, -0.2) is 60.0 Å². The maximum Gasteiger partial charge on any atom is 0.344 e. The molecule has 0 saturated carbocycles. The van der Waals surface area contributed by atoms with E-state index in [-0.39, 0.29) is 25.0 Å². The molecule has 1 heterocycles. The summed E-state index contributed by atoms with van der Waals surface area (Å²) in [4.78, 5) is 50.2. The number of imide groups is 1. The highest BCUT2D eigenvalue weighted by Gasteiger charge is 2.48. The molecule has 9 nitrogen and oxygen atoms in total. The first kappa shape index (κ1) is 23.3. The van der Waals surface area contributed by atoms with Gasteiger partial charge in [-0.25, -0.2) is 4.79 Å². The number of urea groups is 1. The van der Waals surface area contributed by atoms with Gasteiger partial charge in [0.1, 0.15) is 5.54 Å². The van der Waals surface area contributed by atoms with E-state index in [9.17, 15) is 19.2 Å². The number of amides is 5. The molecule has 1 aromatic carbocycles. The number of nitrogens with zero attached hydrogens (tertiary/aromatic N) is 1. The third kappa shape index (κ3) is 6.28. The highest BCUT2D eigenvalue weighted by atomic mass is 16.2. The van der Waals surface area contributed by atoms with Gasteiger partial charge in [0.15, 0.2) is 13.1 Å². The first-order valence-electron chi connectivity index (χ1n) is 10.3. The maximum absolute atomic E-state index is 12.8. The number of quaternary nitrogens is 1. The Kier molecular flexibility index (Phi) is 7.93. The van der Waals surface area contributed by atoms with Crippen molar-refractivity contribution in [1.29, 1.82) is 0 Å².